The number of hydrogen-bond acceptors (Lipinski definition) is 9. The summed E-state index contributed by atoms with van der Waals surface area (Å²) in [5.41, 5.74) is 2.32. The Hall–Kier alpha value is -3.58. The van der Waals surface area contributed by atoms with Crippen LogP contribution in [-0.4, -0.2) is 54.2 Å². The van der Waals surface area contributed by atoms with Crippen molar-refractivity contribution in [2.75, 3.05) is 19.8 Å². The van der Waals surface area contributed by atoms with Crippen molar-refractivity contribution in [3.05, 3.63) is 51.6 Å². The number of aliphatic hydroxyl groups excluding tert-OH is 1. The molecule has 10 heteroatoms. The van der Waals surface area contributed by atoms with Crippen LogP contribution in [0.1, 0.15) is 82.3 Å². The quantitative estimate of drug-likeness (QED) is 0.0705. The Morgan fingerprint density at radius 1 is 1.15 bits per heavy atom. The summed E-state index contributed by atoms with van der Waals surface area (Å²) in [6.45, 7) is 3.88. The number of hydrogen-bond donors (Lipinski definition) is 1. The molecule has 3 rings (SSSR count). The standard InChI is InChI=1S/C31H41NO9/c1-3-4-9-22(2)26(33)16-14-23-15-17-27-30(23)25-12-7-10-24(31(25)41-27)11-8-13-28(34)38-19-5-6-20-39-29(35)18-21-40-32(36)37/h7,10,12,14,16,22-23,26-27,30,33H,5-6,8-9,11,13,15,17-21H2,1-2H3/b16-14+. The van der Waals surface area contributed by atoms with Crippen molar-refractivity contribution in [3.63, 3.8) is 0 Å². The third-order valence-corrected chi connectivity index (χ3v) is 7.54. The van der Waals surface area contributed by atoms with E-state index in [1.165, 1.54) is 5.56 Å². The van der Waals surface area contributed by atoms with Gasteiger partial charge in [-0.05, 0) is 62.8 Å². The van der Waals surface area contributed by atoms with Crippen LogP contribution in [0.2, 0.25) is 0 Å². The lowest BCUT2D eigenvalue weighted by Gasteiger charge is -2.17. The third-order valence-electron chi connectivity index (χ3n) is 7.54. The van der Waals surface area contributed by atoms with E-state index in [1.807, 2.05) is 19.9 Å². The highest BCUT2D eigenvalue weighted by Gasteiger charge is 2.44. The van der Waals surface area contributed by atoms with E-state index < -0.39 is 17.2 Å². The fourth-order valence-electron chi connectivity index (χ4n) is 5.31. The number of aryl methyl sites for hydroxylation is 1. The molecule has 0 bridgehead atoms. The van der Waals surface area contributed by atoms with Crippen molar-refractivity contribution in [2.45, 2.75) is 89.8 Å². The average molecular weight is 572 g/mol. The first-order valence-electron chi connectivity index (χ1n) is 14.4. The molecular weight excluding hydrogens is 530 g/mol. The molecule has 1 N–H and O–H groups in total. The number of ether oxygens (including phenoxy) is 3. The minimum atomic E-state index is -0.957. The Kier molecular flexibility index (Phi) is 13.0. The normalized spacial score (nSPS) is 20.2. The van der Waals surface area contributed by atoms with Gasteiger partial charge in [0.2, 0.25) is 0 Å². The van der Waals surface area contributed by atoms with Crippen LogP contribution in [0.15, 0.2) is 30.4 Å². The number of fused-ring (bicyclic) bond motifs is 3. The summed E-state index contributed by atoms with van der Waals surface area (Å²) in [5, 5.41) is 19.6. The molecule has 1 aliphatic heterocycles. The summed E-state index contributed by atoms with van der Waals surface area (Å²) in [7, 11) is 0. The van der Waals surface area contributed by atoms with E-state index in [9.17, 15) is 24.8 Å². The van der Waals surface area contributed by atoms with Crippen molar-refractivity contribution in [2.24, 2.45) is 11.8 Å². The minimum Gasteiger partial charge on any atom is -0.489 e. The maximum Gasteiger partial charge on any atom is 0.307 e. The molecule has 1 aromatic rings. The van der Waals surface area contributed by atoms with E-state index in [-0.39, 0.29) is 50.2 Å². The predicted molar refractivity (Wildman–Crippen MR) is 150 cm³/mol. The van der Waals surface area contributed by atoms with Gasteiger partial charge in [0.25, 0.3) is 5.09 Å². The van der Waals surface area contributed by atoms with Crippen LogP contribution >= 0.6 is 0 Å². The van der Waals surface area contributed by atoms with Crippen molar-refractivity contribution in [1.29, 1.82) is 0 Å². The number of carbonyl (C=O) groups is 2. The smallest absolute Gasteiger partial charge is 0.307 e. The highest BCUT2D eigenvalue weighted by atomic mass is 16.9. The van der Waals surface area contributed by atoms with Crippen LogP contribution in [0.3, 0.4) is 0 Å². The average Bonchev–Trinajstić information content (AvgIpc) is 3.52. The highest BCUT2D eigenvalue weighted by Crippen LogP contribution is 2.52. The van der Waals surface area contributed by atoms with Gasteiger partial charge in [0.1, 0.15) is 18.5 Å². The molecule has 1 fully saturated rings. The molecule has 224 valence electrons. The van der Waals surface area contributed by atoms with Crippen LogP contribution in [-0.2, 0) is 30.3 Å². The molecular formula is C31H41NO9. The van der Waals surface area contributed by atoms with Crippen LogP contribution in [0.4, 0.5) is 0 Å². The molecule has 1 heterocycles. The Morgan fingerprint density at radius 2 is 1.88 bits per heavy atom. The summed E-state index contributed by atoms with van der Waals surface area (Å²) in [4.78, 5) is 37.7. The number of aliphatic hydroxyl groups is 1. The van der Waals surface area contributed by atoms with Gasteiger partial charge in [-0.1, -0.05) is 37.3 Å². The number of benzene rings is 1. The SMILES string of the molecule is CC#CCC(C)C(O)/C=C/C1CCC2Oc3c(CCCC(=O)OCCCCOC(=O)CCO[N+](=O)[O-])cccc3C12. The first kappa shape index (κ1) is 31.9. The molecule has 0 amide bonds. The zero-order valence-electron chi connectivity index (χ0n) is 23.9. The summed E-state index contributed by atoms with van der Waals surface area (Å²) in [5.74, 6) is 6.71. The zero-order valence-corrected chi connectivity index (χ0v) is 23.9. The number of carbonyl (C=O) groups excluding carboxylic acids is 2. The predicted octanol–water partition coefficient (Wildman–Crippen LogP) is 4.70. The number of nitrogens with zero attached hydrogens (tertiary/aromatic N) is 1. The number of unbranched alkanes of at least 4 members (excludes halogenated alkanes) is 1. The van der Waals surface area contributed by atoms with Crippen LogP contribution in [0.5, 0.6) is 5.75 Å². The zero-order chi connectivity index (χ0) is 29.6. The first-order valence-corrected chi connectivity index (χ1v) is 14.4. The monoisotopic (exact) mass is 571 g/mol. The first-order chi connectivity index (χ1) is 19.8. The third kappa shape index (κ3) is 10.1. The van der Waals surface area contributed by atoms with Gasteiger partial charge in [-0.15, -0.1) is 22.0 Å². The number of rotatable bonds is 17. The Bertz CT molecular complexity index is 1120. The van der Waals surface area contributed by atoms with Gasteiger partial charge in [-0.3, -0.25) is 9.59 Å². The van der Waals surface area contributed by atoms with E-state index in [1.54, 1.807) is 0 Å². The van der Waals surface area contributed by atoms with Gasteiger partial charge in [0.15, 0.2) is 0 Å². The largest absolute Gasteiger partial charge is 0.489 e. The summed E-state index contributed by atoms with van der Waals surface area (Å²) in [6, 6.07) is 6.25. The highest BCUT2D eigenvalue weighted by molar-refractivity contribution is 5.69. The van der Waals surface area contributed by atoms with Crippen LogP contribution in [0, 0.1) is 33.8 Å². The molecule has 0 radical (unpaired) electrons. The van der Waals surface area contributed by atoms with Crippen molar-refractivity contribution in [1.82, 2.24) is 0 Å². The fourth-order valence-corrected chi connectivity index (χ4v) is 5.31. The molecule has 0 spiro atoms. The molecule has 1 aromatic carbocycles. The lowest BCUT2D eigenvalue weighted by molar-refractivity contribution is -0.757. The van der Waals surface area contributed by atoms with E-state index in [0.717, 1.165) is 24.2 Å². The molecule has 2 aliphatic rings. The number of allylic oxidation sites excluding steroid dienone is 1. The fraction of sp³-hybridized carbons (Fsp3) is 0.613. The second-order valence-electron chi connectivity index (χ2n) is 10.6. The Labute approximate surface area is 241 Å². The molecule has 0 aromatic heterocycles. The van der Waals surface area contributed by atoms with Gasteiger partial charge in [-0.25, -0.2) is 0 Å². The lowest BCUT2D eigenvalue weighted by atomic mass is 9.86. The molecule has 41 heavy (non-hydrogen) atoms. The van der Waals surface area contributed by atoms with Crippen LogP contribution in [0.25, 0.3) is 0 Å². The topological polar surface area (TPSA) is 134 Å². The second kappa shape index (κ2) is 16.6. The summed E-state index contributed by atoms with van der Waals surface area (Å²) >= 11 is 0. The molecule has 0 saturated heterocycles. The molecule has 1 aliphatic carbocycles. The van der Waals surface area contributed by atoms with Gasteiger partial charge in [-0.2, -0.15) is 0 Å². The van der Waals surface area contributed by atoms with Gasteiger partial charge in [0, 0.05) is 24.3 Å². The number of para-hydroxylation sites is 1. The van der Waals surface area contributed by atoms with E-state index >= 15 is 0 Å². The number of esters is 2. The Balaban J connectivity index is 1.37. The summed E-state index contributed by atoms with van der Waals surface area (Å²) < 4.78 is 16.6. The minimum absolute atomic E-state index is 0.0858. The van der Waals surface area contributed by atoms with E-state index in [0.29, 0.717) is 44.4 Å². The van der Waals surface area contributed by atoms with Crippen molar-refractivity contribution >= 4 is 11.9 Å². The van der Waals surface area contributed by atoms with Crippen molar-refractivity contribution < 1.29 is 38.8 Å². The van der Waals surface area contributed by atoms with E-state index in [2.05, 4.69) is 41.0 Å². The molecule has 5 unspecified atom stereocenters. The van der Waals surface area contributed by atoms with Gasteiger partial charge >= 0.3 is 11.9 Å². The second-order valence-corrected chi connectivity index (χ2v) is 10.6. The summed E-state index contributed by atoms with van der Waals surface area (Å²) in [6.07, 6.45) is 8.91. The van der Waals surface area contributed by atoms with Gasteiger partial charge in [0.05, 0.1) is 25.7 Å². The maximum atomic E-state index is 12.2. The van der Waals surface area contributed by atoms with Gasteiger partial charge < -0.3 is 24.2 Å². The lowest BCUT2D eigenvalue weighted by Crippen LogP contribution is -2.17. The van der Waals surface area contributed by atoms with Crippen molar-refractivity contribution in [3.8, 4) is 17.6 Å². The molecule has 5 atom stereocenters. The maximum absolute atomic E-state index is 12.2. The molecule has 10 nitrogen and oxygen atoms in total. The Morgan fingerprint density at radius 3 is 2.59 bits per heavy atom. The van der Waals surface area contributed by atoms with E-state index in [4.69, 9.17) is 14.2 Å². The van der Waals surface area contributed by atoms with Crippen LogP contribution < -0.4 is 4.74 Å². The molecule has 1 saturated carbocycles.